The fourth-order valence-corrected chi connectivity index (χ4v) is 4.89. The first-order valence-corrected chi connectivity index (χ1v) is 12.3. The van der Waals surface area contributed by atoms with Gasteiger partial charge in [-0.15, -0.1) is 0 Å². The molecule has 8 nitrogen and oxygen atoms in total. The molecule has 0 spiro atoms. The summed E-state index contributed by atoms with van der Waals surface area (Å²) in [5, 5.41) is 14.6. The van der Waals surface area contributed by atoms with Crippen LogP contribution in [0.1, 0.15) is 45.1 Å². The first-order valence-electron chi connectivity index (χ1n) is 11.6. The van der Waals surface area contributed by atoms with Gasteiger partial charge in [0, 0.05) is 22.8 Å². The number of halogens is 2. The molecule has 3 heterocycles. The topological polar surface area (TPSA) is 109 Å². The Bertz CT molecular complexity index is 1090. The molecule has 2 saturated heterocycles. The number of aliphatic imine (C=N–C) groups is 1. The average molecular weight is 507 g/mol. The van der Waals surface area contributed by atoms with Crippen LogP contribution in [0.15, 0.2) is 35.2 Å². The van der Waals surface area contributed by atoms with Gasteiger partial charge in [0.25, 0.3) is 0 Å². The third kappa shape index (κ3) is 5.80. The third-order valence-corrected chi connectivity index (χ3v) is 7.10. The van der Waals surface area contributed by atoms with E-state index in [-0.39, 0.29) is 11.7 Å². The van der Waals surface area contributed by atoms with Crippen molar-refractivity contribution in [2.24, 2.45) is 10.7 Å². The van der Waals surface area contributed by atoms with E-state index in [0.717, 1.165) is 54.0 Å². The van der Waals surface area contributed by atoms with Crippen LogP contribution in [-0.4, -0.2) is 69.1 Å². The van der Waals surface area contributed by atoms with E-state index in [1.54, 1.807) is 20.0 Å². The van der Waals surface area contributed by atoms with Gasteiger partial charge < -0.3 is 20.9 Å². The van der Waals surface area contributed by atoms with Crippen LogP contribution >= 0.6 is 23.2 Å². The molecule has 0 amide bonds. The zero-order chi connectivity index (χ0) is 24.5. The second-order valence-electron chi connectivity index (χ2n) is 9.67. The summed E-state index contributed by atoms with van der Waals surface area (Å²) in [4.78, 5) is 15.7. The number of allylic oxidation sites excluding steroid dienone is 1. The Morgan fingerprint density at radius 2 is 2.12 bits per heavy atom. The monoisotopic (exact) mass is 506 g/mol. The minimum atomic E-state index is -0.977. The number of anilines is 1. The highest BCUT2D eigenvalue weighted by molar-refractivity contribution is 6.69. The number of hydrogen-bond donors (Lipinski definition) is 3. The lowest BCUT2D eigenvalue weighted by Crippen LogP contribution is -2.56. The van der Waals surface area contributed by atoms with E-state index in [1.807, 2.05) is 6.07 Å². The zero-order valence-electron chi connectivity index (χ0n) is 19.8. The first kappa shape index (κ1) is 25.1. The highest BCUT2D eigenvalue weighted by atomic mass is 35.5. The Balaban J connectivity index is 1.49. The van der Waals surface area contributed by atoms with Crippen molar-refractivity contribution in [1.82, 2.24) is 14.9 Å². The molecule has 2 atom stereocenters. The van der Waals surface area contributed by atoms with Gasteiger partial charge in [-0.1, -0.05) is 23.2 Å². The summed E-state index contributed by atoms with van der Waals surface area (Å²) in [6.45, 7) is 8.51. The summed E-state index contributed by atoms with van der Waals surface area (Å²) in [6.07, 6.45) is 5.45. The highest BCUT2D eigenvalue weighted by Gasteiger charge is 2.35. The third-order valence-electron chi connectivity index (χ3n) is 6.45. The molecule has 10 heteroatoms. The first-order chi connectivity index (χ1) is 16.1. The van der Waals surface area contributed by atoms with E-state index < -0.39 is 5.60 Å². The maximum Gasteiger partial charge on any atom is 0.227 e. The van der Waals surface area contributed by atoms with Crippen molar-refractivity contribution in [1.29, 1.82) is 0 Å². The molecule has 1 aromatic heterocycles. The smallest absolute Gasteiger partial charge is 0.227 e. The molecule has 4 rings (SSSR count). The maximum absolute atomic E-state index is 9.87. The number of nitrogens with two attached hydrogens (primary N) is 1. The Morgan fingerprint density at radius 1 is 1.38 bits per heavy atom. The predicted molar refractivity (Wildman–Crippen MR) is 138 cm³/mol. The minimum Gasteiger partial charge on any atom is -0.403 e. The largest absolute Gasteiger partial charge is 0.403 e. The van der Waals surface area contributed by atoms with Crippen molar-refractivity contribution in [3.8, 4) is 0 Å². The molecule has 34 heavy (non-hydrogen) atoms. The number of likely N-dealkylation sites (tertiary alicyclic amines) is 1. The van der Waals surface area contributed by atoms with Crippen molar-refractivity contribution in [3.63, 3.8) is 0 Å². The predicted octanol–water partition coefficient (Wildman–Crippen LogP) is 3.87. The summed E-state index contributed by atoms with van der Waals surface area (Å²) >= 11 is 12.9. The lowest BCUT2D eigenvalue weighted by molar-refractivity contribution is -0.129. The van der Waals surface area contributed by atoms with Crippen LogP contribution in [0.4, 0.5) is 5.95 Å². The van der Waals surface area contributed by atoms with Crippen molar-refractivity contribution < 1.29 is 9.84 Å². The minimum absolute atomic E-state index is 0.136. The van der Waals surface area contributed by atoms with Gasteiger partial charge in [-0.05, 0) is 70.3 Å². The van der Waals surface area contributed by atoms with Crippen LogP contribution in [0.2, 0.25) is 5.02 Å². The molecule has 0 aliphatic carbocycles. The Morgan fingerprint density at radius 3 is 2.71 bits per heavy atom. The van der Waals surface area contributed by atoms with E-state index in [2.05, 4.69) is 38.2 Å². The van der Waals surface area contributed by atoms with Crippen LogP contribution < -0.4 is 11.1 Å². The molecule has 2 aliphatic rings. The van der Waals surface area contributed by atoms with Crippen molar-refractivity contribution in [3.05, 3.63) is 40.8 Å². The second-order valence-corrected chi connectivity index (χ2v) is 10.4. The standard InChI is InChI=1S/C24H32Cl2N6O2/c1-14-21(12-34-14)32-6-4-15(5-7-32)17-9-19-16(8-18(17)25)11-28-23(30-19)31-20(10-27)22(26)29-13-24(2,3)33/h8-11,14-15,21,33H,4-7,12-13,27H2,1-3H3,(H,28,30,31)/b20-10+,29-22?. The number of benzene rings is 1. The van der Waals surface area contributed by atoms with E-state index in [9.17, 15) is 5.11 Å². The summed E-state index contributed by atoms with van der Waals surface area (Å²) in [5.41, 5.74) is 7.03. The lowest BCUT2D eigenvalue weighted by atomic mass is 9.87. The molecule has 0 saturated carbocycles. The van der Waals surface area contributed by atoms with Crippen LogP contribution in [0.3, 0.4) is 0 Å². The van der Waals surface area contributed by atoms with Crippen molar-refractivity contribution >= 4 is 45.2 Å². The zero-order valence-corrected chi connectivity index (χ0v) is 21.3. The number of rotatable bonds is 7. The van der Waals surface area contributed by atoms with Gasteiger partial charge in [-0.25, -0.2) is 9.97 Å². The van der Waals surface area contributed by atoms with Gasteiger partial charge in [0.2, 0.25) is 5.95 Å². The normalized spacial score (nSPS) is 23.2. The molecule has 2 aromatic rings. The number of nitrogens with zero attached hydrogens (tertiary/aromatic N) is 4. The Hall–Kier alpha value is -1.97. The highest BCUT2D eigenvalue weighted by Crippen LogP contribution is 2.36. The van der Waals surface area contributed by atoms with E-state index in [4.69, 9.17) is 33.7 Å². The fraction of sp³-hybridized carbons (Fsp3) is 0.542. The van der Waals surface area contributed by atoms with Gasteiger partial charge >= 0.3 is 0 Å². The summed E-state index contributed by atoms with van der Waals surface area (Å²) in [6, 6.07) is 4.54. The number of aliphatic hydroxyl groups is 1. The van der Waals surface area contributed by atoms with Gasteiger partial charge in [0.1, 0.15) is 5.17 Å². The van der Waals surface area contributed by atoms with Crippen LogP contribution in [0.25, 0.3) is 10.9 Å². The maximum atomic E-state index is 9.87. The number of hydrogen-bond acceptors (Lipinski definition) is 8. The molecule has 0 bridgehead atoms. The number of aromatic nitrogens is 2. The summed E-state index contributed by atoms with van der Waals surface area (Å²) in [5.74, 6) is 0.738. The summed E-state index contributed by atoms with van der Waals surface area (Å²) < 4.78 is 5.54. The number of fused-ring (bicyclic) bond motifs is 1. The van der Waals surface area contributed by atoms with E-state index >= 15 is 0 Å². The van der Waals surface area contributed by atoms with Gasteiger partial charge in [0.05, 0.1) is 42.1 Å². The summed E-state index contributed by atoms with van der Waals surface area (Å²) in [7, 11) is 0. The van der Waals surface area contributed by atoms with Crippen molar-refractivity contribution in [2.75, 3.05) is 31.6 Å². The van der Waals surface area contributed by atoms with Crippen LogP contribution in [0.5, 0.6) is 0 Å². The quantitative estimate of drug-likeness (QED) is 0.488. The van der Waals surface area contributed by atoms with Gasteiger partial charge in [-0.2, -0.15) is 0 Å². The average Bonchev–Trinajstić information content (AvgIpc) is 2.79. The Kier molecular flexibility index (Phi) is 7.64. The molecule has 4 N–H and O–H groups in total. The SMILES string of the molecule is CC1OCC1N1CCC(c2cc3nc(N/C(=C/N)C(Cl)=NCC(C)(C)O)ncc3cc2Cl)CC1. The number of nitrogens with one attached hydrogen (secondary N) is 1. The molecule has 0 radical (unpaired) electrons. The molecule has 184 valence electrons. The van der Waals surface area contributed by atoms with Crippen molar-refractivity contribution in [2.45, 2.75) is 57.3 Å². The molecular weight excluding hydrogens is 475 g/mol. The van der Waals surface area contributed by atoms with Gasteiger partial charge in [0.15, 0.2) is 0 Å². The number of ether oxygens (including phenoxy) is 1. The molecule has 1 aromatic carbocycles. The van der Waals surface area contributed by atoms with Crippen LogP contribution in [-0.2, 0) is 4.74 Å². The molecule has 2 unspecified atom stereocenters. The molecule has 2 fully saturated rings. The molecule has 2 aliphatic heterocycles. The molecular formula is C24H32Cl2N6O2. The lowest BCUT2D eigenvalue weighted by Gasteiger charge is -2.45. The van der Waals surface area contributed by atoms with E-state index in [0.29, 0.717) is 29.7 Å². The second kappa shape index (κ2) is 10.3. The van der Waals surface area contributed by atoms with E-state index in [1.165, 1.54) is 6.20 Å². The Labute approximate surface area is 210 Å². The van der Waals surface area contributed by atoms with Crippen LogP contribution in [0, 0.1) is 0 Å². The number of piperidine rings is 1. The fourth-order valence-electron chi connectivity index (χ4n) is 4.39. The van der Waals surface area contributed by atoms with Gasteiger partial charge in [-0.3, -0.25) is 9.89 Å².